The molecule has 0 bridgehead atoms. The van der Waals surface area contributed by atoms with Crippen LogP contribution in [0.15, 0.2) is 30.6 Å². The van der Waals surface area contributed by atoms with Crippen LogP contribution in [0.1, 0.15) is 33.4 Å². The number of rotatable bonds is 1. The van der Waals surface area contributed by atoms with Gasteiger partial charge in [0.2, 0.25) is 0 Å². The van der Waals surface area contributed by atoms with E-state index in [-0.39, 0.29) is 5.97 Å². The number of carbonyl (C=O) groups is 1. The van der Waals surface area contributed by atoms with Gasteiger partial charge in [-0.2, -0.15) is 0 Å². The Labute approximate surface area is 111 Å². The summed E-state index contributed by atoms with van der Waals surface area (Å²) in [4.78, 5) is 16.3. The van der Waals surface area contributed by atoms with Gasteiger partial charge < -0.3 is 9.30 Å². The molecule has 4 nitrogen and oxygen atoms in total. The van der Waals surface area contributed by atoms with Crippen LogP contribution in [-0.2, 0) is 24.0 Å². The smallest absolute Gasteiger partial charge is 0.356 e. The number of aromatic nitrogens is 2. The van der Waals surface area contributed by atoms with Gasteiger partial charge in [0.1, 0.15) is 0 Å². The van der Waals surface area contributed by atoms with E-state index in [1.54, 1.807) is 6.33 Å². The van der Waals surface area contributed by atoms with Gasteiger partial charge in [0, 0.05) is 12.5 Å². The molecular weight excluding hydrogens is 240 g/mol. The molecule has 0 spiro atoms. The Balaban J connectivity index is 1.73. The minimum absolute atomic E-state index is 0.227. The third kappa shape index (κ3) is 1.59. The lowest BCUT2D eigenvalue weighted by Gasteiger charge is -2.18. The summed E-state index contributed by atoms with van der Waals surface area (Å²) in [6.45, 7) is 0.452. The number of imidazole rings is 1. The fourth-order valence-corrected chi connectivity index (χ4v) is 3.12. The van der Waals surface area contributed by atoms with Crippen molar-refractivity contribution in [2.45, 2.75) is 25.3 Å². The first-order valence-electron chi connectivity index (χ1n) is 6.62. The van der Waals surface area contributed by atoms with Crippen LogP contribution in [-0.4, -0.2) is 22.1 Å². The second-order valence-electron chi connectivity index (χ2n) is 5.16. The molecule has 0 unspecified atom stereocenters. The summed E-state index contributed by atoms with van der Waals surface area (Å²) < 4.78 is 7.15. The van der Waals surface area contributed by atoms with Gasteiger partial charge in [-0.25, -0.2) is 9.78 Å². The SMILES string of the molecule is O=C1OCCc2ncn(C3Cc4ccccc4C3)c21. The van der Waals surface area contributed by atoms with Gasteiger partial charge in [-0.05, 0) is 24.0 Å². The van der Waals surface area contributed by atoms with E-state index in [4.69, 9.17) is 4.74 Å². The molecule has 0 saturated carbocycles. The number of nitrogens with zero attached hydrogens (tertiary/aromatic N) is 2. The molecule has 0 N–H and O–H groups in total. The first-order chi connectivity index (χ1) is 9.33. The number of benzene rings is 1. The van der Waals surface area contributed by atoms with Crippen LogP contribution in [0.2, 0.25) is 0 Å². The van der Waals surface area contributed by atoms with Gasteiger partial charge in [-0.1, -0.05) is 24.3 Å². The zero-order valence-corrected chi connectivity index (χ0v) is 10.5. The third-order valence-electron chi connectivity index (χ3n) is 4.06. The standard InChI is InChI=1S/C15H14N2O2/c18-15-14-13(5-6-19-15)16-9-17(14)12-7-10-3-1-2-4-11(10)8-12/h1-4,9,12H,5-8H2. The summed E-state index contributed by atoms with van der Waals surface area (Å²) in [5.41, 5.74) is 4.29. The molecule has 0 radical (unpaired) electrons. The zero-order valence-electron chi connectivity index (χ0n) is 10.5. The van der Waals surface area contributed by atoms with Crippen LogP contribution in [0, 0.1) is 0 Å². The maximum Gasteiger partial charge on any atom is 0.356 e. The lowest BCUT2D eigenvalue weighted by Crippen LogP contribution is -2.23. The van der Waals surface area contributed by atoms with Gasteiger partial charge in [0.25, 0.3) is 0 Å². The van der Waals surface area contributed by atoms with Crippen LogP contribution in [0.3, 0.4) is 0 Å². The molecule has 19 heavy (non-hydrogen) atoms. The third-order valence-corrected chi connectivity index (χ3v) is 4.06. The van der Waals surface area contributed by atoms with E-state index in [1.165, 1.54) is 11.1 Å². The van der Waals surface area contributed by atoms with E-state index in [0.717, 1.165) is 25.0 Å². The first kappa shape index (κ1) is 10.8. The van der Waals surface area contributed by atoms with E-state index in [1.807, 2.05) is 4.57 Å². The van der Waals surface area contributed by atoms with E-state index in [9.17, 15) is 4.79 Å². The molecule has 2 aliphatic rings. The van der Waals surface area contributed by atoms with Gasteiger partial charge >= 0.3 is 5.97 Å². The Morgan fingerprint density at radius 1 is 1.21 bits per heavy atom. The highest BCUT2D eigenvalue weighted by Gasteiger charge is 2.30. The predicted octanol–water partition coefficient (Wildman–Crippen LogP) is 1.94. The summed E-state index contributed by atoms with van der Waals surface area (Å²) in [5, 5.41) is 0. The van der Waals surface area contributed by atoms with Crippen molar-refractivity contribution in [2.24, 2.45) is 0 Å². The lowest BCUT2D eigenvalue weighted by atomic mass is 10.1. The first-order valence-corrected chi connectivity index (χ1v) is 6.62. The van der Waals surface area contributed by atoms with Crippen molar-refractivity contribution >= 4 is 5.97 Å². The average molecular weight is 254 g/mol. The molecule has 1 aliphatic carbocycles. The summed E-state index contributed by atoms with van der Waals surface area (Å²) in [5.74, 6) is -0.227. The topological polar surface area (TPSA) is 44.1 Å². The number of hydrogen-bond acceptors (Lipinski definition) is 3. The summed E-state index contributed by atoms with van der Waals surface area (Å²) in [6.07, 6.45) is 4.46. The fraction of sp³-hybridized carbons (Fsp3) is 0.333. The van der Waals surface area contributed by atoms with Gasteiger partial charge in [0.15, 0.2) is 5.69 Å². The van der Waals surface area contributed by atoms with Gasteiger partial charge in [0.05, 0.1) is 18.6 Å². The lowest BCUT2D eigenvalue weighted by molar-refractivity contribution is 0.0462. The number of fused-ring (bicyclic) bond motifs is 2. The summed E-state index contributed by atoms with van der Waals surface area (Å²) in [7, 11) is 0. The molecule has 1 aromatic heterocycles. The normalized spacial score (nSPS) is 18.0. The number of carbonyl (C=O) groups excluding carboxylic acids is 1. The number of hydrogen-bond donors (Lipinski definition) is 0. The van der Waals surface area contributed by atoms with E-state index in [2.05, 4.69) is 29.2 Å². The Morgan fingerprint density at radius 2 is 1.95 bits per heavy atom. The molecule has 0 saturated heterocycles. The van der Waals surface area contributed by atoms with E-state index < -0.39 is 0 Å². The van der Waals surface area contributed by atoms with Gasteiger partial charge in [-0.3, -0.25) is 0 Å². The molecule has 1 aliphatic heterocycles. The Hall–Kier alpha value is -2.10. The Kier molecular flexibility index (Phi) is 2.24. The number of cyclic esters (lactones) is 1. The van der Waals surface area contributed by atoms with Crippen LogP contribution in [0.5, 0.6) is 0 Å². The van der Waals surface area contributed by atoms with Gasteiger partial charge in [-0.15, -0.1) is 0 Å². The van der Waals surface area contributed by atoms with Crippen molar-refractivity contribution in [3.05, 3.63) is 53.1 Å². The predicted molar refractivity (Wildman–Crippen MR) is 69.1 cm³/mol. The largest absolute Gasteiger partial charge is 0.461 e. The highest BCUT2D eigenvalue weighted by Crippen LogP contribution is 2.32. The average Bonchev–Trinajstić information content (AvgIpc) is 3.02. The fourth-order valence-electron chi connectivity index (χ4n) is 3.12. The van der Waals surface area contributed by atoms with Crippen LogP contribution in [0.4, 0.5) is 0 Å². The minimum Gasteiger partial charge on any atom is -0.461 e. The van der Waals surface area contributed by atoms with Crippen molar-refractivity contribution in [3.8, 4) is 0 Å². The van der Waals surface area contributed by atoms with Crippen molar-refractivity contribution in [2.75, 3.05) is 6.61 Å². The van der Waals surface area contributed by atoms with Crippen LogP contribution in [0.25, 0.3) is 0 Å². The maximum absolute atomic E-state index is 11.9. The minimum atomic E-state index is -0.227. The molecule has 2 aromatic rings. The molecule has 4 rings (SSSR count). The molecule has 4 heteroatoms. The van der Waals surface area contributed by atoms with Crippen LogP contribution >= 0.6 is 0 Å². The second-order valence-corrected chi connectivity index (χ2v) is 5.16. The molecule has 0 amide bonds. The van der Waals surface area contributed by atoms with Crippen LogP contribution < -0.4 is 0 Å². The molecule has 1 aromatic carbocycles. The molecule has 2 heterocycles. The maximum atomic E-state index is 11.9. The molecule has 0 atom stereocenters. The Morgan fingerprint density at radius 3 is 2.68 bits per heavy atom. The monoisotopic (exact) mass is 254 g/mol. The molecule has 0 fully saturated rings. The summed E-state index contributed by atoms with van der Waals surface area (Å²) >= 11 is 0. The van der Waals surface area contributed by atoms with Crippen molar-refractivity contribution in [1.82, 2.24) is 9.55 Å². The van der Waals surface area contributed by atoms with Crippen molar-refractivity contribution < 1.29 is 9.53 Å². The Bertz CT molecular complexity index is 635. The zero-order chi connectivity index (χ0) is 12.8. The molecule has 96 valence electrons. The van der Waals surface area contributed by atoms with Crippen molar-refractivity contribution in [1.29, 1.82) is 0 Å². The van der Waals surface area contributed by atoms with Crippen molar-refractivity contribution in [3.63, 3.8) is 0 Å². The summed E-state index contributed by atoms with van der Waals surface area (Å²) in [6, 6.07) is 8.76. The molecular formula is C15H14N2O2. The van der Waals surface area contributed by atoms with E-state index >= 15 is 0 Å². The second kappa shape index (κ2) is 3.95. The highest BCUT2D eigenvalue weighted by atomic mass is 16.5. The number of ether oxygens (including phenoxy) is 1. The highest BCUT2D eigenvalue weighted by molar-refractivity contribution is 5.89. The quantitative estimate of drug-likeness (QED) is 0.730. The number of esters is 1. The van der Waals surface area contributed by atoms with E-state index in [0.29, 0.717) is 18.3 Å².